The average Bonchev–Trinajstić information content (AvgIpc) is 2.88. The van der Waals surface area contributed by atoms with E-state index >= 15 is 0 Å². The summed E-state index contributed by atoms with van der Waals surface area (Å²) in [4.78, 5) is 0. The summed E-state index contributed by atoms with van der Waals surface area (Å²) in [5.41, 5.74) is 2.33. The second kappa shape index (κ2) is 6.42. The highest BCUT2D eigenvalue weighted by atomic mass is 35.5. The maximum absolute atomic E-state index is 6.04. The molecule has 1 aromatic heterocycles. The number of likely N-dealkylation sites (N-methyl/N-ethyl adjacent to an activating group) is 1. The third-order valence-electron chi connectivity index (χ3n) is 3.15. The Balaban J connectivity index is 2.16. The third-order valence-corrected chi connectivity index (χ3v) is 3.89. The van der Waals surface area contributed by atoms with Crippen molar-refractivity contribution in [3.8, 4) is 0 Å². The molecule has 0 bridgehead atoms. The van der Waals surface area contributed by atoms with Gasteiger partial charge in [0.2, 0.25) is 0 Å². The first-order valence-corrected chi connectivity index (χ1v) is 7.03. The predicted molar refractivity (Wildman–Crippen MR) is 79.9 cm³/mol. The molecule has 1 N–H and O–H groups in total. The molecule has 2 rings (SSSR count). The summed E-state index contributed by atoms with van der Waals surface area (Å²) < 4.78 is 1.93. The molecule has 0 fully saturated rings. The largest absolute Gasteiger partial charge is 0.313 e. The first-order chi connectivity index (χ1) is 9.13. The molecule has 0 spiro atoms. The molecule has 102 valence electrons. The van der Waals surface area contributed by atoms with E-state index in [1.165, 1.54) is 5.56 Å². The molecule has 1 unspecified atom stereocenters. The van der Waals surface area contributed by atoms with Gasteiger partial charge in [0.15, 0.2) is 0 Å². The van der Waals surface area contributed by atoms with Gasteiger partial charge in [-0.2, -0.15) is 5.10 Å². The van der Waals surface area contributed by atoms with Gasteiger partial charge in [0.05, 0.1) is 16.2 Å². The van der Waals surface area contributed by atoms with E-state index in [1.54, 1.807) is 0 Å². The first-order valence-electron chi connectivity index (χ1n) is 6.27. The van der Waals surface area contributed by atoms with Crippen molar-refractivity contribution in [1.29, 1.82) is 0 Å². The lowest BCUT2D eigenvalue weighted by atomic mass is 10.0. The van der Waals surface area contributed by atoms with Crippen molar-refractivity contribution in [3.63, 3.8) is 0 Å². The van der Waals surface area contributed by atoms with E-state index in [2.05, 4.69) is 23.5 Å². The minimum absolute atomic E-state index is 0.220. The molecule has 3 nitrogen and oxygen atoms in total. The number of benzene rings is 1. The Labute approximate surface area is 123 Å². The minimum atomic E-state index is 0.220. The van der Waals surface area contributed by atoms with Crippen molar-refractivity contribution in [2.45, 2.75) is 25.9 Å². The Kier molecular flexibility index (Phi) is 4.86. The van der Waals surface area contributed by atoms with Crippen LogP contribution in [0.1, 0.15) is 24.1 Å². The van der Waals surface area contributed by atoms with Crippen LogP contribution in [0, 0.1) is 0 Å². The zero-order chi connectivity index (χ0) is 13.8. The number of rotatable bonds is 5. The predicted octanol–water partition coefficient (Wildman–Crippen LogP) is 3.71. The topological polar surface area (TPSA) is 29.9 Å². The third kappa shape index (κ3) is 3.50. The number of nitrogens with one attached hydrogen (secondary N) is 1. The fourth-order valence-electron chi connectivity index (χ4n) is 2.02. The van der Waals surface area contributed by atoms with Crippen LogP contribution in [-0.2, 0) is 13.0 Å². The smallest absolute Gasteiger partial charge is 0.0595 e. The van der Waals surface area contributed by atoms with E-state index in [4.69, 9.17) is 23.2 Å². The molecule has 19 heavy (non-hydrogen) atoms. The highest BCUT2D eigenvalue weighted by Gasteiger charge is 2.13. The van der Waals surface area contributed by atoms with E-state index in [0.29, 0.717) is 10.0 Å². The van der Waals surface area contributed by atoms with Crippen molar-refractivity contribution in [3.05, 3.63) is 51.8 Å². The Hall–Kier alpha value is -1.03. The SMILES string of the molecule is CCn1cc(C(Cc2ccc(Cl)c(Cl)c2)NC)cn1. The lowest BCUT2D eigenvalue weighted by molar-refractivity contribution is 0.589. The lowest BCUT2D eigenvalue weighted by Crippen LogP contribution is -2.18. The van der Waals surface area contributed by atoms with E-state index < -0.39 is 0 Å². The van der Waals surface area contributed by atoms with E-state index in [0.717, 1.165) is 18.5 Å². The highest BCUT2D eigenvalue weighted by molar-refractivity contribution is 6.42. The molecule has 1 aromatic carbocycles. The van der Waals surface area contributed by atoms with Crippen molar-refractivity contribution in [1.82, 2.24) is 15.1 Å². The molecular weight excluding hydrogens is 281 g/mol. The summed E-state index contributed by atoms with van der Waals surface area (Å²) in [5.74, 6) is 0. The average molecular weight is 298 g/mol. The molecule has 0 aliphatic heterocycles. The Morgan fingerprint density at radius 2 is 2.11 bits per heavy atom. The van der Waals surface area contributed by atoms with Crippen LogP contribution in [0.3, 0.4) is 0 Å². The second-order valence-electron chi connectivity index (χ2n) is 4.42. The zero-order valence-corrected chi connectivity index (χ0v) is 12.5. The van der Waals surface area contributed by atoms with E-state index in [9.17, 15) is 0 Å². The highest BCUT2D eigenvalue weighted by Crippen LogP contribution is 2.25. The van der Waals surface area contributed by atoms with Crippen molar-refractivity contribution in [2.75, 3.05) is 7.05 Å². The summed E-state index contributed by atoms with van der Waals surface area (Å²) in [6, 6.07) is 5.97. The monoisotopic (exact) mass is 297 g/mol. The fourth-order valence-corrected chi connectivity index (χ4v) is 2.34. The number of halogens is 2. The molecule has 0 amide bonds. The van der Waals surface area contributed by atoms with Gasteiger partial charge in [-0.15, -0.1) is 0 Å². The van der Waals surface area contributed by atoms with E-state index in [-0.39, 0.29) is 6.04 Å². The summed E-state index contributed by atoms with van der Waals surface area (Å²) in [5, 5.41) is 8.80. The molecule has 0 saturated carbocycles. The number of nitrogens with zero attached hydrogens (tertiary/aromatic N) is 2. The van der Waals surface area contributed by atoms with Crippen molar-refractivity contribution in [2.24, 2.45) is 0 Å². The van der Waals surface area contributed by atoms with Crippen LogP contribution in [0.5, 0.6) is 0 Å². The van der Waals surface area contributed by atoms with Crippen LogP contribution >= 0.6 is 23.2 Å². The summed E-state index contributed by atoms with van der Waals surface area (Å²) in [6.45, 7) is 2.95. The molecule has 5 heteroatoms. The maximum Gasteiger partial charge on any atom is 0.0595 e. The summed E-state index contributed by atoms with van der Waals surface area (Å²) >= 11 is 12.0. The van der Waals surface area contributed by atoms with Crippen LogP contribution in [0.25, 0.3) is 0 Å². The second-order valence-corrected chi connectivity index (χ2v) is 5.24. The minimum Gasteiger partial charge on any atom is -0.313 e. The van der Waals surface area contributed by atoms with Crippen LogP contribution < -0.4 is 5.32 Å². The molecule has 2 aromatic rings. The molecule has 0 aliphatic rings. The lowest BCUT2D eigenvalue weighted by Gasteiger charge is -2.15. The van der Waals surface area contributed by atoms with Gasteiger partial charge in [0.25, 0.3) is 0 Å². The summed E-state index contributed by atoms with van der Waals surface area (Å²) in [7, 11) is 1.95. The van der Waals surface area contributed by atoms with Crippen LogP contribution in [0.2, 0.25) is 10.0 Å². The van der Waals surface area contributed by atoms with Gasteiger partial charge >= 0.3 is 0 Å². The molecule has 0 aliphatic carbocycles. The molecule has 1 atom stereocenters. The van der Waals surface area contributed by atoms with Crippen LogP contribution in [-0.4, -0.2) is 16.8 Å². The molecule has 1 heterocycles. The fraction of sp³-hybridized carbons (Fsp3) is 0.357. The standard InChI is InChI=1S/C14H17Cl2N3/c1-3-19-9-11(8-18-19)14(17-2)7-10-4-5-12(15)13(16)6-10/h4-6,8-9,14,17H,3,7H2,1-2H3. The first kappa shape index (κ1) is 14.4. The number of hydrogen-bond donors (Lipinski definition) is 1. The van der Waals surface area contributed by atoms with Crippen LogP contribution in [0.4, 0.5) is 0 Å². The number of hydrogen-bond acceptors (Lipinski definition) is 2. The van der Waals surface area contributed by atoms with Gasteiger partial charge in [-0.3, -0.25) is 4.68 Å². The van der Waals surface area contributed by atoms with E-state index in [1.807, 2.05) is 36.1 Å². The molecule has 0 radical (unpaired) electrons. The Morgan fingerprint density at radius 1 is 1.32 bits per heavy atom. The normalized spacial score (nSPS) is 12.6. The van der Waals surface area contributed by atoms with Gasteiger partial charge in [-0.05, 0) is 38.1 Å². The van der Waals surface area contributed by atoms with Gasteiger partial charge in [0, 0.05) is 24.3 Å². The number of aryl methyl sites for hydroxylation is 1. The van der Waals surface area contributed by atoms with Gasteiger partial charge in [-0.1, -0.05) is 29.3 Å². The zero-order valence-electron chi connectivity index (χ0n) is 11.0. The number of aromatic nitrogens is 2. The van der Waals surface area contributed by atoms with Gasteiger partial charge < -0.3 is 5.32 Å². The van der Waals surface area contributed by atoms with Gasteiger partial charge in [0.1, 0.15) is 0 Å². The van der Waals surface area contributed by atoms with Crippen molar-refractivity contribution >= 4 is 23.2 Å². The summed E-state index contributed by atoms with van der Waals surface area (Å²) in [6.07, 6.45) is 4.82. The van der Waals surface area contributed by atoms with Crippen molar-refractivity contribution < 1.29 is 0 Å². The molecule has 0 saturated heterocycles. The maximum atomic E-state index is 6.04. The van der Waals surface area contributed by atoms with Gasteiger partial charge in [-0.25, -0.2) is 0 Å². The molecular formula is C14H17Cl2N3. The quantitative estimate of drug-likeness (QED) is 0.912. The Morgan fingerprint density at radius 3 is 2.68 bits per heavy atom. The Bertz CT molecular complexity index is 551. The van der Waals surface area contributed by atoms with Crippen LogP contribution in [0.15, 0.2) is 30.6 Å².